The minimum atomic E-state index is -0.482. The third-order valence-electron chi connectivity index (χ3n) is 4.82. The maximum Gasteiger partial charge on any atom is 0.338 e. The topological polar surface area (TPSA) is 78.9 Å². The molecule has 0 saturated heterocycles. The summed E-state index contributed by atoms with van der Waals surface area (Å²) in [5, 5.41) is 0. The van der Waals surface area contributed by atoms with Crippen molar-refractivity contribution in [1.29, 1.82) is 0 Å². The Morgan fingerprint density at radius 1 is 0.694 bits per heavy atom. The number of ether oxygens (including phenoxy) is 3. The van der Waals surface area contributed by atoms with Crippen molar-refractivity contribution < 1.29 is 28.6 Å². The highest BCUT2D eigenvalue weighted by atomic mass is 16.5. The van der Waals surface area contributed by atoms with E-state index in [1.54, 1.807) is 32.9 Å². The van der Waals surface area contributed by atoms with E-state index in [0.717, 1.165) is 16.7 Å². The molecule has 0 heterocycles. The van der Waals surface area contributed by atoms with Crippen molar-refractivity contribution in [2.75, 3.05) is 13.2 Å². The molecule has 6 heteroatoms. The number of terminal acetylenes is 1. The largest absolute Gasteiger partial charge is 0.462 e. The lowest BCUT2D eigenvalue weighted by Crippen LogP contribution is -2.23. The van der Waals surface area contributed by atoms with Crippen molar-refractivity contribution in [3.63, 3.8) is 0 Å². The van der Waals surface area contributed by atoms with Crippen LogP contribution in [0.2, 0.25) is 0 Å². The first-order valence-electron chi connectivity index (χ1n) is 11.1. The molecule has 0 N–H and O–H groups in total. The van der Waals surface area contributed by atoms with Gasteiger partial charge in [-0.15, -0.1) is 12.8 Å². The average molecular weight is 489 g/mol. The summed E-state index contributed by atoms with van der Waals surface area (Å²) in [4.78, 5) is 35.2. The molecule has 0 bridgehead atoms. The summed E-state index contributed by atoms with van der Waals surface area (Å²) in [6.45, 7) is 15.7. The van der Waals surface area contributed by atoms with E-state index in [9.17, 15) is 14.4 Å². The molecule has 2 aromatic carbocycles. The Labute approximate surface area is 213 Å². The van der Waals surface area contributed by atoms with Crippen molar-refractivity contribution in [2.24, 2.45) is 5.92 Å². The molecular formula is C30H32O6. The fourth-order valence-corrected chi connectivity index (χ4v) is 2.88. The van der Waals surface area contributed by atoms with Crippen molar-refractivity contribution in [3.05, 3.63) is 90.6 Å². The van der Waals surface area contributed by atoms with E-state index in [1.807, 2.05) is 36.4 Å². The van der Waals surface area contributed by atoms with Gasteiger partial charge in [0.1, 0.15) is 5.75 Å². The Hall–Kier alpha value is -4.37. The number of carbonyl (C=O) groups is 3. The van der Waals surface area contributed by atoms with Gasteiger partial charge in [0, 0.05) is 22.6 Å². The van der Waals surface area contributed by atoms with Crippen molar-refractivity contribution in [2.45, 2.75) is 27.2 Å². The first-order chi connectivity index (χ1) is 17.1. The van der Waals surface area contributed by atoms with E-state index in [1.165, 1.54) is 0 Å². The molecule has 0 aliphatic carbocycles. The van der Waals surface area contributed by atoms with Gasteiger partial charge in [0.15, 0.2) is 0 Å². The van der Waals surface area contributed by atoms with Crippen molar-refractivity contribution in [1.82, 2.24) is 0 Å². The van der Waals surface area contributed by atoms with Crippen LogP contribution in [0.4, 0.5) is 0 Å². The van der Waals surface area contributed by atoms with Gasteiger partial charge < -0.3 is 14.2 Å². The van der Waals surface area contributed by atoms with E-state index in [0.29, 0.717) is 28.9 Å². The predicted molar refractivity (Wildman–Crippen MR) is 141 cm³/mol. The molecule has 0 unspecified atom stereocenters. The van der Waals surface area contributed by atoms with Crippen LogP contribution in [-0.4, -0.2) is 31.1 Å². The molecular weight excluding hydrogens is 456 g/mol. The number of hydrogen-bond acceptors (Lipinski definition) is 6. The van der Waals surface area contributed by atoms with Crippen LogP contribution >= 0.6 is 0 Å². The summed E-state index contributed by atoms with van der Waals surface area (Å²) < 4.78 is 15.8. The third kappa shape index (κ3) is 9.86. The number of rotatable bonds is 11. The zero-order chi connectivity index (χ0) is 27.3. The van der Waals surface area contributed by atoms with Gasteiger partial charge in [0.2, 0.25) is 0 Å². The highest BCUT2D eigenvalue weighted by Gasteiger charge is 2.17. The molecule has 0 aliphatic heterocycles. The van der Waals surface area contributed by atoms with Crippen LogP contribution in [0.3, 0.4) is 0 Å². The summed E-state index contributed by atoms with van der Waals surface area (Å²) >= 11 is 0. The Kier molecular flexibility index (Phi) is 12.2. The van der Waals surface area contributed by atoms with Crippen LogP contribution in [-0.2, 0) is 30.3 Å². The summed E-state index contributed by atoms with van der Waals surface area (Å²) in [6.07, 6.45) is 8.54. The van der Waals surface area contributed by atoms with Crippen LogP contribution in [0.25, 0.3) is 11.1 Å². The van der Waals surface area contributed by atoms with Gasteiger partial charge in [-0.1, -0.05) is 56.1 Å². The zero-order valence-electron chi connectivity index (χ0n) is 21.0. The number of hydrogen-bond donors (Lipinski definition) is 0. The lowest BCUT2D eigenvalue weighted by Gasteiger charge is -2.18. The minimum Gasteiger partial charge on any atom is -0.462 e. The minimum absolute atomic E-state index is 0.0985. The first kappa shape index (κ1) is 29.7. The van der Waals surface area contributed by atoms with Gasteiger partial charge in [-0.05, 0) is 56.0 Å². The van der Waals surface area contributed by atoms with E-state index < -0.39 is 17.9 Å². The van der Waals surface area contributed by atoms with Crippen LogP contribution in [0.5, 0.6) is 5.75 Å². The second kappa shape index (κ2) is 14.8. The maximum absolute atomic E-state index is 11.8. The van der Waals surface area contributed by atoms with E-state index >= 15 is 0 Å². The molecule has 6 nitrogen and oxygen atoms in total. The van der Waals surface area contributed by atoms with Crippen LogP contribution < -0.4 is 4.74 Å². The number of benzene rings is 2. The Morgan fingerprint density at radius 3 is 1.47 bits per heavy atom. The molecule has 0 spiro atoms. The van der Waals surface area contributed by atoms with Gasteiger partial charge in [-0.2, -0.15) is 0 Å². The molecule has 0 atom stereocenters. The van der Waals surface area contributed by atoms with Gasteiger partial charge in [0.25, 0.3) is 0 Å². The maximum atomic E-state index is 11.8. The molecule has 36 heavy (non-hydrogen) atoms. The van der Waals surface area contributed by atoms with Crippen LogP contribution in [0.1, 0.15) is 26.3 Å². The summed E-state index contributed by atoms with van der Waals surface area (Å²) in [5.41, 5.74) is 3.90. The normalized spacial score (nSPS) is 9.83. The smallest absolute Gasteiger partial charge is 0.338 e. The van der Waals surface area contributed by atoms with Gasteiger partial charge in [-0.3, -0.25) is 0 Å². The van der Waals surface area contributed by atoms with E-state index in [4.69, 9.17) is 14.2 Å². The average Bonchev–Trinajstić information content (AvgIpc) is 2.87. The van der Waals surface area contributed by atoms with Crippen molar-refractivity contribution >= 4 is 17.9 Å². The van der Waals surface area contributed by atoms with Crippen LogP contribution in [0.15, 0.2) is 85.0 Å². The highest BCUT2D eigenvalue weighted by molar-refractivity contribution is 5.89. The summed E-state index contributed by atoms with van der Waals surface area (Å²) in [7, 11) is 0. The van der Waals surface area contributed by atoms with Crippen LogP contribution in [0, 0.1) is 18.8 Å². The molecule has 0 amide bonds. The lowest BCUT2D eigenvalue weighted by atomic mass is 9.98. The Morgan fingerprint density at radius 2 is 1.08 bits per heavy atom. The molecule has 2 rings (SSSR count). The van der Waals surface area contributed by atoms with Gasteiger partial charge in [0.05, 0.1) is 13.2 Å². The Balaban J connectivity index is 0.00000316. The fourth-order valence-electron chi connectivity index (χ4n) is 2.88. The summed E-state index contributed by atoms with van der Waals surface area (Å²) in [6, 6.07) is 15.1. The van der Waals surface area contributed by atoms with Gasteiger partial charge >= 0.3 is 17.9 Å². The monoisotopic (exact) mass is 488 g/mol. The molecule has 0 saturated carbocycles. The number of carbonyl (C=O) groups excluding carboxylic acids is 3. The molecule has 0 aromatic heterocycles. The predicted octanol–water partition coefficient (Wildman–Crippen LogP) is 5.48. The second-order valence-electron chi connectivity index (χ2n) is 8.22. The quantitative estimate of drug-likeness (QED) is 0.180. The molecule has 188 valence electrons. The second-order valence-corrected chi connectivity index (χ2v) is 8.22. The zero-order valence-corrected chi connectivity index (χ0v) is 21.0. The fraction of sp³-hybridized carbons (Fsp3) is 0.233. The SMILES string of the molecule is C#C.C=C(C)C(=O)OCC(COC(=O)C(=C)C)Cc1ccc(-c2ccc(OC(=O)C(=C)C)cc2)cc1. The lowest BCUT2D eigenvalue weighted by molar-refractivity contribution is -0.144. The molecule has 0 fully saturated rings. The standard InChI is InChI=1S/C28H30O6.C2H2/c1-18(2)26(29)32-16-22(17-33-27(30)19(3)4)15-21-7-9-23(10-8-21)24-11-13-25(14-12-24)34-28(31)20(5)6;1-2/h7-14,22H,1,3,5,15-17H2,2,4,6H3;1-2H. The van der Waals surface area contributed by atoms with Crippen molar-refractivity contribution in [3.8, 4) is 29.7 Å². The number of esters is 3. The third-order valence-corrected chi connectivity index (χ3v) is 4.82. The molecule has 2 aromatic rings. The highest BCUT2D eigenvalue weighted by Crippen LogP contribution is 2.24. The van der Waals surface area contributed by atoms with E-state index in [2.05, 4.69) is 32.6 Å². The van der Waals surface area contributed by atoms with Gasteiger partial charge in [-0.25, -0.2) is 14.4 Å². The summed E-state index contributed by atoms with van der Waals surface area (Å²) in [5.74, 6) is -1.20. The first-order valence-corrected chi connectivity index (χ1v) is 11.1. The molecule has 0 radical (unpaired) electrons. The molecule has 0 aliphatic rings. The van der Waals surface area contributed by atoms with E-state index in [-0.39, 0.29) is 19.1 Å². The Bertz CT molecular complexity index is 1090.